The van der Waals surface area contributed by atoms with E-state index in [4.69, 9.17) is 0 Å². The molecule has 20 heavy (non-hydrogen) atoms. The van der Waals surface area contributed by atoms with E-state index in [0.29, 0.717) is 12.6 Å². The van der Waals surface area contributed by atoms with E-state index in [0.717, 1.165) is 18.3 Å². The predicted octanol–water partition coefficient (Wildman–Crippen LogP) is 2.35. The number of rotatable bonds is 6. The lowest BCUT2D eigenvalue weighted by atomic mass is 9.88. The van der Waals surface area contributed by atoms with E-state index in [9.17, 15) is 5.11 Å². The van der Waals surface area contributed by atoms with Crippen LogP contribution in [0.5, 0.6) is 0 Å². The van der Waals surface area contributed by atoms with Gasteiger partial charge in [0, 0.05) is 45.4 Å². The second-order valence-electron chi connectivity index (χ2n) is 7.37. The average Bonchev–Trinajstić information content (AvgIpc) is 3.27. The fraction of sp³-hybridized carbons (Fsp3) is 1.00. The molecule has 1 atom stereocenters. The topological polar surface area (TPSA) is 26.7 Å². The number of hydrogen-bond donors (Lipinski definition) is 1. The van der Waals surface area contributed by atoms with E-state index in [-0.39, 0.29) is 0 Å². The fourth-order valence-corrected chi connectivity index (χ4v) is 4.15. The summed E-state index contributed by atoms with van der Waals surface area (Å²) in [5.41, 5.74) is 0. The van der Waals surface area contributed by atoms with Gasteiger partial charge in [-0.3, -0.25) is 4.90 Å². The van der Waals surface area contributed by atoms with Crippen molar-refractivity contribution in [3.63, 3.8) is 0 Å². The highest BCUT2D eigenvalue weighted by atomic mass is 16.3. The molecule has 0 amide bonds. The first-order valence-electron chi connectivity index (χ1n) is 8.92. The van der Waals surface area contributed by atoms with Crippen LogP contribution in [0.15, 0.2) is 0 Å². The van der Waals surface area contributed by atoms with Crippen molar-refractivity contribution in [3.05, 3.63) is 0 Å². The molecule has 0 aromatic heterocycles. The Balaban J connectivity index is 1.49. The second-order valence-corrected chi connectivity index (χ2v) is 7.37. The molecule has 0 spiro atoms. The molecule has 2 aliphatic carbocycles. The summed E-state index contributed by atoms with van der Waals surface area (Å²) in [4.78, 5) is 5.37. The van der Waals surface area contributed by atoms with Crippen LogP contribution in [-0.4, -0.2) is 60.3 Å². The van der Waals surface area contributed by atoms with Crippen LogP contribution >= 0.6 is 0 Å². The number of hydrogen-bond acceptors (Lipinski definition) is 3. The van der Waals surface area contributed by atoms with Crippen molar-refractivity contribution in [1.29, 1.82) is 0 Å². The van der Waals surface area contributed by atoms with Gasteiger partial charge in [-0.25, -0.2) is 0 Å². The van der Waals surface area contributed by atoms with Crippen LogP contribution < -0.4 is 0 Å². The van der Waals surface area contributed by atoms with Crippen LogP contribution in [-0.2, 0) is 0 Å². The molecular weight excluding hydrogens is 248 g/mol. The Morgan fingerprint density at radius 1 is 0.850 bits per heavy atom. The van der Waals surface area contributed by atoms with Gasteiger partial charge in [-0.15, -0.1) is 0 Å². The Kier molecular flexibility index (Phi) is 5.36. The Bertz CT molecular complexity index is 287. The largest absolute Gasteiger partial charge is 0.396 e. The minimum atomic E-state index is 0.350. The zero-order chi connectivity index (χ0) is 13.8. The van der Waals surface area contributed by atoms with Crippen LogP contribution in [0.3, 0.4) is 0 Å². The lowest BCUT2D eigenvalue weighted by molar-refractivity contribution is 0.0415. The molecular formula is C17H32N2O. The zero-order valence-corrected chi connectivity index (χ0v) is 13.0. The van der Waals surface area contributed by atoms with Crippen molar-refractivity contribution in [2.75, 3.05) is 39.3 Å². The highest BCUT2D eigenvalue weighted by Crippen LogP contribution is 2.31. The summed E-state index contributed by atoms with van der Waals surface area (Å²) in [6, 6.07) is 0.606. The summed E-state index contributed by atoms with van der Waals surface area (Å²) in [6.07, 6.45) is 11.1. The smallest absolute Gasteiger partial charge is 0.0446 e. The molecule has 0 radical (unpaired) electrons. The van der Waals surface area contributed by atoms with Gasteiger partial charge in [0.05, 0.1) is 0 Å². The second kappa shape index (κ2) is 7.24. The summed E-state index contributed by atoms with van der Waals surface area (Å²) < 4.78 is 0. The highest BCUT2D eigenvalue weighted by molar-refractivity contribution is 4.87. The maximum Gasteiger partial charge on any atom is 0.0446 e. The monoisotopic (exact) mass is 280 g/mol. The van der Waals surface area contributed by atoms with Gasteiger partial charge in [-0.05, 0) is 43.9 Å². The number of piperazine rings is 1. The van der Waals surface area contributed by atoms with Crippen molar-refractivity contribution < 1.29 is 5.11 Å². The minimum Gasteiger partial charge on any atom is -0.396 e. The number of aliphatic hydroxyl groups excluding tert-OH is 1. The molecule has 116 valence electrons. The lowest BCUT2D eigenvalue weighted by Crippen LogP contribution is -2.54. The molecule has 0 aromatic carbocycles. The fourth-order valence-electron chi connectivity index (χ4n) is 4.15. The molecule has 1 saturated heterocycles. The molecule has 1 unspecified atom stereocenters. The van der Waals surface area contributed by atoms with Gasteiger partial charge in [0.25, 0.3) is 0 Å². The average molecular weight is 280 g/mol. The standard InChI is InChI=1S/C17H32N2O/c20-11-8-17-14-18(12-16-6-7-16)9-10-19(17)13-15-4-2-1-3-5-15/h15-17,20H,1-14H2. The summed E-state index contributed by atoms with van der Waals surface area (Å²) in [5.74, 6) is 1.93. The van der Waals surface area contributed by atoms with Crippen molar-refractivity contribution in [2.45, 2.75) is 57.4 Å². The van der Waals surface area contributed by atoms with Crippen LogP contribution in [0.1, 0.15) is 51.4 Å². The Morgan fingerprint density at radius 2 is 1.60 bits per heavy atom. The van der Waals surface area contributed by atoms with E-state index in [1.165, 1.54) is 77.7 Å². The van der Waals surface area contributed by atoms with Crippen LogP contribution in [0, 0.1) is 11.8 Å². The van der Waals surface area contributed by atoms with E-state index < -0.39 is 0 Å². The maximum atomic E-state index is 9.38. The molecule has 1 N–H and O–H groups in total. The van der Waals surface area contributed by atoms with Crippen LogP contribution in [0.25, 0.3) is 0 Å². The molecule has 3 nitrogen and oxygen atoms in total. The Labute approximate surface area is 124 Å². The third-order valence-electron chi connectivity index (χ3n) is 5.58. The first-order chi connectivity index (χ1) is 9.85. The van der Waals surface area contributed by atoms with Crippen molar-refractivity contribution in [3.8, 4) is 0 Å². The van der Waals surface area contributed by atoms with E-state index in [1.54, 1.807) is 0 Å². The first-order valence-corrected chi connectivity index (χ1v) is 8.92. The molecule has 0 aromatic rings. The quantitative estimate of drug-likeness (QED) is 0.809. The van der Waals surface area contributed by atoms with Gasteiger partial charge in [0.15, 0.2) is 0 Å². The van der Waals surface area contributed by atoms with E-state index in [1.807, 2.05) is 0 Å². The van der Waals surface area contributed by atoms with Gasteiger partial charge >= 0.3 is 0 Å². The molecule has 1 aliphatic heterocycles. The SMILES string of the molecule is OCCC1CN(CC2CC2)CCN1CC1CCCCC1. The van der Waals surface area contributed by atoms with Gasteiger partial charge in [-0.1, -0.05) is 19.3 Å². The first kappa shape index (κ1) is 14.8. The molecule has 1 heterocycles. The lowest BCUT2D eigenvalue weighted by Gasteiger charge is -2.43. The summed E-state index contributed by atoms with van der Waals surface area (Å²) in [5, 5.41) is 9.38. The number of aliphatic hydroxyl groups is 1. The Hall–Kier alpha value is -0.120. The molecule has 2 saturated carbocycles. The van der Waals surface area contributed by atoms with E-state index in [2.05, 4.69) is 9.80 Å². The van der Waals surface area contributed by atoms with Crippen LogP contribution in [0.2, 0.25) is 0 Å². The summed E-state index contributed by atoms with van der Waals surface area (Å²) in [6.45, 7) is 6.65. The third kappa shape index (κ3) is 4.19. The van der Waals surface area contributed by atoms with Crippen molar-refractivity contribution in [2.24, 2.45) is 11.8 Å². The minimum absolute atomic E-state index is 0.350. The van der Waals surface area contributed by atoms with E-state index >= 15 is 0 Å². The number of nitrogens with zero attached hydrogens (tertiary/aromatic N) is 2. The molecule has 0 bridgehead atoms. The molecule has 3 fully saturated rings. The van der Waals surface area contributed by atoms with Crippen LogP contribution in [0.4, 0.5) is 0 Å². The molecule has 3 rings (SSSR count). The maximum absolute atomic E-state index is 9.38. The van der Waals surface area contributed by atoms with Crippen molar-refractivity contribution >= 4 is 0 Å². The summed E-state index contributed by atoms with van der Waals surface area (Å²) in [7, 11) is 0. The summed E-state index contributed by atoms with van der Waals surface area (Å²) >= 11 is 0. The molecule has 3 heteroatoms. The molecule has 3 aliphatic rings. The van der Waals surface area contributed by atoms with Gasteiger partial charge in [-0.2, -0.15) is 0 Å². The normalized spacial score (nSPS) is 30.8. The predicted molar refractivity (Wildman–Crippen MR) is 82.8 cm³/mol. The Morgan fingerprint density at radius 3 is 2.30 bits per heavy atom. The zero-order valence-electron chi connectivity index (χ0n) is 13.0. The van der Waals surface area contributed by atoms with Gasteiger partial charge in [0.2, 0.25) is 0 Å². The van der Waals surface area contributed by atoms with Gasteiger partial charge in [0.1, 0.15) is 0 Å². The van der Waals surface area contributed by atoms with Gasteiger partial charge < -0.3 is 10.0 Å². The highest BCUT2D eigenvalue weighted by Gasteiger charge is 2.31. The third-order valence-corrected chi connectivity index (χ3v) is 5.58. The van der Waals surface area contributed by atoms with Crippen molar-refractivity contribution in [1.82, 2.24) is 9.80 Å².